The number of ether oxygens (including phenoxy) is 1. The quantitative estimate of drug-likeness (QED) is 0.848. The first-order valence-corrected chi connectivity index (χ1v) is 8.46. The van der Waals surface area contributed by atoms with Gasteiger partial charge in [0.25, 0.3) is 0 Å². The summed E-state index contributed by atoms with van der Waals surface area (Å²) in [4.78, 5) is 13.5. The molecule has 1 aliphatic rings. The lowest BCUT2D eigenvalue weighted by atomic mass is 10.1. The van der Waals surface area contributed by atoms with Crippen LogP contribution in [-0.4, -0.2) is 38.7 Å². The fourth-order valence-electron chi connectivity index (χ4n) is 2.39. The van der Waals surface area contributed by atoms with Crippen LogP contribution in [-0.2, 0) is 14.6 Å². The molecular formula is C14H16N2O4S. The zero-order valence-electron chi connectivity index (χ0n) is 11.7. The molecule has 1 heterocycles. The summed E-state index contributed by atoms with van der Waals surface area (Å²) in [6.07, 6.45) is -0.275. The Hall–Kier alpha value is -2.07. The average Bonchev–Trinajstić information content (AvgIpc) is 2.80. The molecule has 0 N–H and O–H groups in total. The second-order valence-electron chi connectivity index (χ2n) is 4.75. The third-order valence-electron chi connectivity index (χ3n) is 3.32. The van der Waals surface area contributed by atoms with E-state index >= 15 is 0 Å². The summed E-state index contributed by atoms with van der Waals surface area (Å²) in [7, 11) is -3.15. The smallest absolute Gasteiger partial charge is 0.414 e. The van der Waals surface area contributed by atoms with Crippen molar-refractivity contribution in [3.8, 4) is 6.07 Å². The number of sulfone groups is 1. The molecule has 1 aliphatic heterocycles. The number of nitrogens with zero attached hydrogens (tertiary/aromatic N) is 2. The number of carbonyl (C=O) groups excluding carboxylic acids is 1. The first-order chi connectivity index (χ1) is 9.98. The molecule has 6 nitrogen and oxygen atoms in total. The summed E-state index contributed by atoms with van der Waals surface area (Å²) < 4.78 is 28.4. The number of hydrogen-bond acceptors (Lipinski definition) is 5. The van der Waals surface area contributed by atoms with Crippen molar-refractivity contribution in [3.05, 3.63) is 29.8 Å². The molecule has 1 aromatic carbocycles. The normalized spacial score (nSPS) is 19.7. The van der Waals surface area contributed by atoms with E-state index in [9.17, 15) is 18.5 Å². The maximum atomic E-state index is 12.2. The molecule has 2 rings (SSSR count). The molecule has 21 heavy (non-hydrogen) atoms. The van der Waals surface area contributed by atoms with Crippen LogP contribution in [0, 0.1) is 11.3 Å². The minimum Gasteiger partial charge on any atom is -0.449 e. The van der Waals surface area contributed by atoms with E-state index in [1.807, 2.05) is 6.07 Å². The van der Waals surface area contributed by atoms with Crippen molar-refractivity contribution in [2.45, 2.75) is 19.4 Å². The zero-order chi connectivity index (χ0) is 15.5. The summed E-state index contributed by atoms with van der Waals surface area (Å²) in [5.41, 5.74) is 0.704. The number of amides is 1. The maximum absolute atomic E-state index is 12.2. The van der Waals surface area contributed by atoms with Crippen LogP contribution in [0.15, 0.2) is 24.3 Å². The van der Waals surface area contributed by atoms with Crippen LogP contribution in [0.5, 0.6) is 0 Å². The van der Waals surface area contributed by atoms with E-state index in [0.717, 1.165) is 0 Å². The molecule has 0 radical (unpaired) electrons. The Morgan fingerprint density at radius 2 is 2.19 bits per heavy atom. The Bertz CT molecular complexity index is 678. The molecule has 1 atom stereocenters. The lowest BCUT2D eigenvalue weighted by Crippen LogP contribution is -2.42. The Labute approximate surface area is 123 Å². The van der Waals surface area contributed by atoms with Gasteiger partial charge in [-0.25, -0.2) is 13.2 Å². The molecule has 1 fully saturated rings. The van der Waals surface area contributed by atoms with E-state index in [1.165, 1.54) is 4.90 Å². The first-order valence-electron chi connectivity index (χ1n) is 6.64. The lowest BCUT2D eigenvalue weighted by Gasteiger charge is -2.28. The van der Waals surface area contributed by atoms with Crippen LogP contribution in [0.3, 0.4) is 0 Å². The first kappa shape index (κ1) is 15.3. The third kappa shape index (κ3) is 3.34. The molecule has 0 aromatic heterocycles. The summed E-state index contributed by atoms with van der Waals surface area (Å²) in [6.45, 7) is 1.86. The lowest BCUT2D eigenvalue weighted by molar-refractivity contribution is 0.157. The van der Waals surface area contributed by atoms with Gasteiger partial charge in [0.05, 0.1) is 35.4 Å². The highest BCUT2D eigenvalue weighted by Gasteiger charge is 2.37. The Morgan fingerprint density at radius 1 is 1.48 bits per heavy atom. The fraction of sp³-hybridized carbons (Fsp3) is 0.429. The summed E-state index contributed by atoms with van der Waals surface area (Å²) in [5, 5.41) is 9.18. The van der Waals surface area contributed by atoms with E-state index in [2.05, 4.69) is 0 Å². The number of hydrogen-bond donors (Lipinski definition) is 0. The molecule has 0 spiro atoms. The molecule has 0 bridgehead atoms. The van der Waals surface area contributed by atoms with E-state index in [4.69, 9.17) is 4.74 Å². The van der Waals surface area contributed by atoms with Gasteiger partial charge >= 0.3 is 6.09 Å². The summed E-state index contributed by atoms with van der Waals surface area (Å²) >= 11 is 0. The minimum absolute atomic E-state index is 0.0439. The van der Waals surface area contributed by atoms with Gasteiger partial charge < -0.3 is 4.74 Å². The number of benzene rings is 1. The molecule has 1 saturated heterocycles. The van der Waals surface area contributed by atoms with Crippen molar-refractivity contribution in [2.75, 3.05) is 23.0 Å². The predicted molar refractivity (Wildman–Crippen MR) is 77.7 cm³/mol. The third-order valence-corrected chi connectivity index (χ3v) is 5.07. The standard InChI is InChI=1S/C14H16N2O4S/c1-2-20-14(17)16(12-7-8-21(18,19)10-12)13-6-4-3-5-11(13)9-15/h3-6,12H,2,7-8,10H2,1H3. The molecule has 1 amide bonds. The highest BCUT2D eigenvalue weighted by molar-refractivity contribution is 7.91. The number of anilines is 1. The van der Waals surface area contributed by atoms with E-state index in [0.29, 0.717) is 17.7 Å². The Morgan fingerprint density at radius 3 is 2.76 bits per heavy atom. The van der Waals surface area contributed by atoms with Gasteiger partial charge in [-0.15, -0.1) is 0 Å². The molecule has 0 aliphatic carbocycles. The van der Waals surface area contributed by atoms with Gasteiger partial charge in [0.15, 0.2) is 9.84 Å². The van der Waals surface area contributed by atoms with Crippen LogP contribution < -0.4 is 4.90 Å². The van der Waals surface area contributed by atoms with Gasteiger partial charge in [-0.05, 0) is 25.5 Å². The molecule has 112 valence electrons. The Kier molecular flexibility index (Phi) is 4.48. The van der Waals surface area contributed by atoms with Gasteiger partial charge in [-0.1, -0.05) is 12.1 Å². The maximum Gasteiger partial charge on any atom is 0.414 e. The van der Waals surface area contributed by atoms with Crippen LogP contribution in [0.2, 0.25) is 0 Å². The minimum atomic E-state index is -3.15. The number of para-hydroxylation sites is 1. The highest BCUT2D eigenvalue weighted by atomic mass is 32.2. The predicted octanol–water partition coefficient (Wildman–Crippen LogP) is 1.71. The van der Waals surface area contributed by atoms with Crippen LogP contribution in [0.25, 0.3) is 0 Å². The van der Waals surface area contributed by atoms with Crippen LogP contribution in [0.4, 0.5) is 10.5 Å². The zero-order valence-corrected chi connectivity index (χ0v) is 12.5. The van der Waals surface area contributed by atoms with Gasteiger partial charge in [0, 0.05) is 0 Å². The fourth-order valence-corrected chi connectivity index (χ4v) is 4.09. The van der Waals surface area contributed by atoms with Crippen molar-refractivity contribution in [2.24, 2.45) is 0 Å². The van der Waals surface area contributed by atoms with Crippen molar-refractivity contribution in [3.63, 3.8) is 0 Å². The number of carbonyl (C=O) groups is 1. The highest BCUT2D eigenvalue weighted by Crippen LogP contribution is 2.28. The topological polar surface area (TPSA) is 87.5 Å². The largest absolute Gasteiger partial charge is 0.449 e. The van der Waals surface area contributed by atoms with E-state index in [1.54, 1.807) is 31.2 Å². The van der Waals surface area contributed by atoms with Gasteiger partial charge in [-0.3, -0.25) is 4.90 Å². The molecule has 0 saturated carbocycles. The number of rotatable bonds is 3. The summed E-state index contributed by atoms with van der Waals surface area (Å²) in [6, 6.07) is 8.13. The van der Waals surface area contributed by atoms with Crippen LogP contribution >= 0.6 is 0 Å². The molecular weight excluding hydrogens is 292 g/mol. The SMILES string of the molecule is CCOC(=O)N(c1ccccc1C#N)C1CCS(=O)(=O)C1. The Balaban J connectivity index is 2.42. The second-order valence-corrected chi connectivity index (χ2v) is 6.98. The van der Waals surface area contributed by atoms with E-state index < -0.39 is 22.0 Å². The van der Waals surface area contributed by atoms with Crippen molar-refractivity contribution in [1.29, 1.82) is 5.26 Å². The molecule has 1 aromatic rings. The average molecular weight is 308 g/mol. The van der Waals surface area contributed by atoms with Gasteiger partial charge in [0.2, 0.25) is 0 Å². The van der Waals surface area contributed by atoms with Gasteiger partial charge in [0.1, 0.15) is 6.07 Å². The number of nitriles is 1. The van der Waals surface area contributed by atoms with Crippen molar-refractivity contribution in [1.82, 2.24) is 0 Å². The summed E-state index contributed by atoms with van der Waals surface area (Å²) in [5.74, 6) is -0.0616. The van der Waals surface area contributed by atoms with Crippen LogP contribution in [0.1, 0.15) is 18.9 Å². The van der Waals surface area contributed by atoms with Gasteiger partial charge in [-0.2, -0.15) is 5.26 Å². The second kappa shape index (κ2) is 6.14. The van der Waals surface area contributed by atoms with E-state index in [-0.39, 0.29) is 18.1 Å². The molecule has 1 unspecified atom stereocenters. The van der Waals surface area contributed by atoms with Crippen molar-refractivity contribution >= 4 is 21.6 Å². The molecule has 7 heteroatoms. The van der Waals surface area contributed by atoms with Crippen molar-refractivity contribution < 1.29 is 17.9 Å². The monoisotopic (exact) mass is 308 g/mol.